The Morgan fingerprint density at radius 1 is 1.12 bits per heavy atom. The van der Waals surface area contributed by atoms with Gasteiger partial charge in [-0.1, -0.05) is 31.0 Å². The topological polar surface area (TPSA) is 61.8 Å². The monoisotopic (exact) mass is 358 g/mol. The van der Waals surface area contributed by atoms with Crippen LogP contribution >= 0.6 is 0 Å². The van der Waals surface area contributed by atoms with Crippen LogP contribution in [0.15, 0.2) is 30.3 Å². The van der Waals surface area contributed by atoms with Crippen LogP contribution in [-0.2, 0) is 9.53 Å². The molecule has 1 aliphatic carbocycles. The third kappa shape index (κ3) is 3.35. The largest absolute Gasteiger partial charge is 0.386 e. The number of fused-ring (bicyclic) bond motifs is 1. The molecular weight excluding hydrogens is 328 g/mol. The molecular formula is C21H30N2O3. The van der Waals surface area contributed by atoms with E-state index < -0.39 is 5.60 Å². The Hall–Kier alpha value is -1.59. The molecule has 3 fully saturated rings. The fraction of sp³-hybridized carbons (Fsp3) is 0.667. The molecule has 1 aromatic rings. The number of likely N-dealkylation sites (tertiary alicyclic amines) is 1. The van der Waals surface area contributed by atoms with E-state index in [0.29, 0.717) is 13.2 Å². The maximum absolute atomic E-state index is 13.2. The van der Waals surface area contributed by atoms with Gasteiger partial charge in [0.25, 0.3) is 0 Å². The van der Waals surface area contributed by atoms with Gasteiger partial charge in [-0.05, 0) is 44.2 Å². The summed E-state index contributed by atoms with van der Waals surface area (Å²) < 4.78 is 5.42. The number of piperidine rings is 1. The lowest BCUT2D eigenvalue weighted by molar-refractivity contribution is -0.160. The summed E-state index contributed by atoms with van der Waals surface area (Å²) in [6.07, 6.45) is 6.19. The molecule has 0 bridgehead atoms. The zero-order chi connectivity index (χ0) is 18.0. The Labute approximate surface area is 155 Å². The van der Waals surface area contributed by atoms with E-state index in [0.717, 1.165) is 57.2 Å². The maximum Gasteiger partial charge on any atom is 0.226 e. The van der Waals surface area contributed by atoms with Crippen LogP contribution in [0.5, 0.6) is 0 Å². The number of hydrogen-bond acceptors (Lipinski definition) is 4. The van der Waals surface area contributed by atoms with Gasteiger partial charge in [0.15, 0.2) is 0 Å². The third-order valence-corrected chi connectivity index (χ3v) is 6.49. The molecule has 1 aromatic carbocycles. The van der Waals surface area contributed by atoms with Gasteiger partial charge in [-0.15, -0.1) is 0 Å². The van der Waals surface area contributed by atoms with Gasteiger partial charge in [0.2, 0.25) is 5.91 Å². The first-order valence-corrected chi connectivity index (χ1v) is 10.1. The van der Waals surface area contributed by atoms with Crippen molar-refractivity contribution in [2.75, 3.05) is 25.1 Å². The molecule has 2 N–H and O–H groups in total. The summed E-state index contributed by atoms with van der Waals surface area (Å²) in [6, 6.07) is 10.0. The van der Waals surface area contributed by atoms with E-state index in [4.69, 9.17) is 4.74 Å². The second kappa shape index (κ2) is 7.57. The van der Waals surface area contributed by atoms with Gasteiger partial charge in [0, 0.05) is 31.4 Å². The molecule has 5 nitrogen and oxygen atoms in total. The van der Waals surface area contributed by atoms with Gasteiger partial charge in [0.1, 0.15) is 5.60 Å². The zero-order valence-corrected chi connectivity index (χ0v) is 15.4. The molecule has 0 aromatic heterocycles. The number of aliphatic hydroxyl groups is 1. The quantitative estimate of drug-likeness (QED) is 0.872. The van der Waals surface area contributed by atoms with E-state index in [9.17, 15) is 9.90 Å². The minimum absolute atomic E-state index is 0.00561. The molecule has 26 heavy (non-hydrogen) atoms. The summed E-state index contributed by atoms with van der Waals surface area (Å²) in [5.74, 6) is 0.297. The molecule has 1 saturated carbocycles. The zero-order valence-electron chi connectivity index (χ0n) is 15.4. The molecule has 3 atom stereocenters. The van der Waals surface area contributed by atoms with Crippen LogP contribution < -0.4 is 5.32 Å². The highest BCUT2D eigenvalue weighted by atomic mass is 16.5. The summed E-state index contributed by atoms with van der Waals surface area (Å²) in [5, 5.41) is 15.2. The fourth-order valence-corrected chi connectivity index (χ4v) is 5.04. The van der Waals surface area contributed by atoms with Gasteiger partial charge in [-0.3, -0.25) is 4.79 Å². The van der Waals surface area contributed by atoms with Crippen LogP contribution in [0.1, 0.15) is 44.9 Å². The van der Waals surface area contributed by atoms with Crippen molar-refractivity contribution in [1.29, 1.82) is 0 Å². The van der Waals surface area contributed by atoms with Crippen LogP contribution in [0.25, 0.3) is 0 Å². The predicted octanol–water partition coefficient (Wildman–Crippen LogP) is 2.80. The molecule has 142 valence electrons. The van der Waals surface area contributed by atoms with Crippen LogP contribution in [0.4, 0.5) is 5.69 Å². The minimum atomic E-state index is -0.840. The Morgan fingerprint density at radius 2 is 1.88 bits per heavy atom. The number of carbonyl (C=O) groups is 1. The smallest absolute Gasteiger partial charge is 0.226 e. The first-order valence-electron chi connectivity index (χ1n) is 10.1. The second-order valence-corrected chi connectivity index (χ2v) is 8.02. The molecule has 5 heteroatoms. The lowest BCUT2D eigenvalue weighted by Gasteiger charge is -2.54. The molecule has 2 aliphatic heterocycles. The fourth-order valence-electron chi connectivity index (χ4n) is 5.04. The molecule has 4 rings (SSSR count). The molecule has 1 unspecified atom stereocenters. The number of carbonyl (C=O) groups excluding carboxylic acids is 1. The number of hydrogen-bond donors (Lipinski definition) is 2. The molecule has 3 aliphatic rings. The van der Waals surface area contributed by atoms with E-state index in [1.165, 1.54) is 0 Å². The molecule has 1 amide bonds. The Morgan fingerprint density at radius 3 is 2.65 bits per heavy atom. The van der Waals surface area contributed by atoms with E-state index in [2.05, 4.69) is 5.32 Å². The standard InChI is InChI=1S/C21H30N2O3/c24-20(16-10-14-26-15-11-16)23-13-9-18(22-17-6-2-1-3-7-17)21(25)12-5-4-8-19(21)23/h1-3,6-7,16,18-19,22,25H,4-5,8-15H2/t18?,19-,21+/m0/s1. The first kappa shape index (κ1) is 17.8. The van der Waals surface area contributed by atoms with Crippen molar-refractivity contribution in [3.8, 4) is 0 Å². The maximum atomic E-state index is 13.2. The Balaban J connectivity index is 1.53. The number of ether oxygens (including phenoxy) is 1. The predicted molar refractivity (Wildman–Crippen MR) is 101 cm³/mol. The van der Waals surface area contributed by atoms with Crippen LogP contribution in [-0.4, -0.2) is 53.4 Å². The summed E-state index contributed by atoms with van der Waals surface area (Å²) >= 11 is 0. The lowest BCUT2D eigenvalue weighted by Crippen LogP contribution is -2.68. The summed E-state index contributed by atoms with van der Waals surface area (Å²) in [4.78, 5) is 15.2. The summed E-state index contributed by atoms with van der Waals surface area (Å²) in [5.41, 5.74) is 0.201. The molecule has 0 radical (unpaired) electrons. The minimum Gasteiger partial charge on any atom is -0.386 e. The highest BCUT2D eigenvalue weighted by Gasteiger charge is 2.52. The van der Waals surface area contributed by atoms with Crippen molar-refractivity contribution in [1.82, 2.24) is 4.90 Å². The number of rotatable bonds is 3. The third-order valence-electron chi connectivity index (χ3n) is 6.49. The highest BCUT2D eigenvalue weighted by molar-refractivity contribution is 5.79. The van der Waals surface area contributed by atoms with Gasteiger partial charge in [-0.2, -0.15) is 0 Å². The Bertz CT molecular complexity index is 617. The summed E-state index contributed by atoms with van der Waals surface area (Å²) in [7, 11) is 0. The Kier molecular flexibility index (Phi) is 5.18. The van der Waals surface area contributed by atoms with E-state index in [1.54, 1.807) is 0 Å². The normalized spacial score (nSPS) is 32.7. The average molecular weight is 358 g/mol. The number of para-hydroxylation sites is 1. The number of amides is 1. The number of anilines is 1. The molecule has 0 spiro atoms. The van der Waals surface area contributed by atoms with E-state index in [-0.39, 0.29) is 23.9 Å². The highest BCUT2D eigenvalue weighted by Crippen LogP contribution is 2.41. The number of nitrogens with zero attached hydrogens (tertiary/aromatic N) is 1. The SMILES string of the molecule is O=C(C1CCOCC1)N1CCC(Nc2ccccc2)[C@]2(O)CCCC[C@H]12. The van der Waals surface area contributed by atoms with Crippen LogP contribution in [0, 0.1) is 5.92 Å². The van der Waals surface area contributed by atoms with Crippen molar-refractivity contribution in [2.24, 2.45) is 5.92 Å². The lowest BCUT2D eigenvalue weighted by atomic mass is 9.70. The summed E-state index contributed by atoms with van der Waals surface area (Å²) in [6.45, 7) is 2.09. The first-order chi connectivity index (χ1) is 12.7. The van der Waals surface area contributed by atoms with Crippen molar-refractivity contribution >= 4 is 11.6 Å². The van der Waals surface area contributed by atoms with E-state index in [1.807, 2.05) is 35.2 Å². The van der Waals surface area contributed by atoms with Gasteiger partial charge in [-0.25, -0.2) is 0 Å². The van der Waals surface area contributed by atoms with Crippen molar-refractivity contribution < 1.29 is 14.6 Å². The molecule has 2 heterocycles. The van der Waals surface area contributed by atoms with Crippen LogP contribution in [0.2, 0.25) is 0 Å². The average Bonchev–Trinajstić information content (AvgIpc) is 2.69. The number of benzene rings is 1. The van der Waals surface area contributed by atoms with Gasteiger partial charge in [0.05, 0.1) is 12.1 Å². The van der Waals surface area contributed by atoms with Gasteiger partial charge < -0.3 is 20.1 Å². The number of nitrogens with one attached hydrogen (secondary N) is 1. The van der Waals surface area contributed by atoms with Crippen LogP contribution in [0.3, 0.4) is 0 Å². The molecule has 2 saturated heterocycles. The van der Waals surface area contributed by atoms with Crippen molar-refractivity contribution in [2.45, 2.75) is 62.6 Å². The van der Waals surface area contributed by atoms with Gasteiger partial charge >= 0.3 is 0 Å². The van der Waals surface area contributed by atoms with Crippen molar-refractivity contribution in [3.05, 3.63) is 30.3 Å². The van der Waals surface area contributed by atoms with Crippen molar-refractivity contribution in [3.63, 3.8) is 0 Å². The van der Waals surface area contributed by atoms with E-state index >= 15 is 0 Å². The second-order valence-electron chi connectivity index (χ2n) is 8.02.